The number of alkyl halides is 3. The maximum atomic E-state index is 14.4. The van der Waals surface area contributed by atoms with Crippen LogP contribution in [0.3, 0.4) is 0 Å². The number of rotatable bonds is 5. The summed E-state index contributed by atoms with van der Waals surface area (Å²) in [5, 5.41) is 6.83. The number of nitrogens with zero attached hydrogens (tertiary/aromatic N) is 2. The van der Waals surface area contributed by atoms with Gasteiger partial charge >= 0.3 is 6.18 Å². The van der Waals surface area contributed by atoms with E-state index in [2.05, 4.69) is 10.4 Å². The molecule has 180 valence electrons. The molecule has 1 saturated heterocycles. The van der Waals surface area contributed by atoms with Crippen LogP contribution in [0, 0.1) is 17.6 Å². The highest BCUT2D eigenvalue weighted by Gasteiger charge is 2.66. The quantitative estimate of drug-likeness (QED) is 0.671. The molecule has 1 saturated carbocycles. The fourth-order valence-corrected chi connectivity index (χ4v) is 4.66. The number of nitrogens with one attached hydrogen (secondary N) is 1. The number of hydrogen-bond acceptors (Lipinski definition) is 4. The first kappa shape index (κ1) is 23.5. The van der Waals surface area contributed by atoms with Crippen LogP contribution in [0.1, 0.15) is 43.2 Å². The first-order chi connectivity index (χ1) is 15.4. The van der Waals surface area contributed by atoms with E-state index in [0.717, 1.165) is 31.7 Å². The number of methoxy groups -OCH3 is 1. The molecule has 33 heavy (non-hydrogen) atoms. The predicted molar refractivity (Wildman–Crippen MR) is 107 cm³/mol. The van der Waals surface area contributed by atoms with Crippen LogP contribution >= 0.6 is 0 Å². The summed E-state index contributed by atoms with van der Waals surface area (Å²) in [6, 6.07) is 1.66. The first-order valence-corrected chi connectivity index (χ1v) is 10.4. The molecule has 1 aromatic heterocycles. The van der Waals surface area contributed by atoms with Crippen molar-refractivity contribution in [3.05, 3.63) is 47.3 Å². The number of hydrogen-bond donors (Lipinski definition) is 1. The Labute approximate surface area is 187 Å². The maximum Gasteiger partial charge on any atom is 0.417 e. The van der Waals surface area contributed by atoms with Gasteiger partial charge in [-0.15, -0.1) is 0 Å². The van der Waals surface area contributed by atoms with Crippen LogP contribution in [-0.4, -0.2) is 46.7 Å². The van der Waals surface area contributed by atoms with E-state index in [0.29, 0.717) is 6.42 Å². The molecule has 0 spiro atoms. The van der Waals surface area contributed by atoms with E-state index < -0.39 is 53.0 Å². The summed E-state index contributed by atoms with van der Waals surface area (Å²) in [6.45, 7) is 2.14. The minimum Gasteiger partial charge on any atom is -0.493 e. The van der Waals surface area contributed by atoms with Crippen LogP contribution in [0.5, 0.6) is 5.75 Å². The summed E-state index contributed by atoms with van der Waals surface area (Å²) in [4.78, 5) is 13.1. The minimum absolute atomic E-state index is 0.00766. The third-order valence-corrected chi connectivity index (χ3v) is 6.84. The molecule has 1 N–H and O–H groups in total. The van der Waals surface area contributed by atoms with E-state index in [-0.39, 0.29) is 17.5 Å². The molecule has 2 heterocycles. The van der Waals surface area contributed by atoms with Crippen LogP contribution in [0.4, 0.5) is 22.0 Å². The van der Waals surface area contributed by atoms with E-state index in [1.54, 1.807) is 24.1 Å². The van der Waals surface area contributed by atoms with E-state index in [1.807, 2.05) is 0 Å². The second kappa shape index (κ2) is 7.96. The van der Waals surface area contributed by atoms with E-state index in [4.69, 9.17) is 9.47 Å². The highest BCUT2D eigenvalue weighted by molar-refractivity contribution is 5.83. The summed E-state index contributed by atoms with van der Waals surface area (Å²) in [6.07, 6.45) is -2.31. The zero-order valence-electron chi connectivity index (χ0n) is 18.4. The van der Waals surface area contributed by atoms with Crippen LogP contribution in [0.25, 0.3) is 0 Å². The number of benzene rings is 1. The molecule has 2 aliphatic rings. The highest BCUT2D eigenvalue weighted by atomic mass is 19.4. The number of carbonyl (C=O) groups excluding carboxylic acids is 1. The lowest BCUT2D eigenvalue weighted by Crippen LogP contribution is -2.47. The van der Waals surface area contributed by atoms with Gasteiger partial charge in [-0.05, 0) is 25.0 Å². The summed E-state index contributed by atoms with van der Waals surface area (Å²) in [5.41, 5.74) is -1.83. The SMILES string of the molecule is COc1c(C2C(C(=O)N[C@H]3C[C@@H]3c3cnn(C)c3)OC(C)(C(F)(F)F)C2C)ccc(F)c1F. The van der Waals surface area contributed by atoms with Crippen LogP contribution in [0.15, 0.2) is 24.5 Å². The molecule has 0 bridgehead atoms. The maximum absolute atomic E-state index is 14.4. The average molecular weight is 473 g/mol. The molecule has 1 amide bonds. The molecule has 4 unspecified atom stereocenters. The van der Waals surface area contributed by atoms with Gasteiger partial charge in [-0.2, -0.15) is 22.7 Å². The Morgan fingerprint density at radius 3 is 2.61 bits per heavy atom. The minimum atomic E-state index is -4.80. The Morgan fingerprint density at radius 1 is 1.33 bits per heavy atom. The van der Waals surface area contributed by atoms with Gasteiger partial charge in [0.05, 0.1) is 13.3 Å². The van der Waals surface area contributed by atoms with Gasteiger partial charge in [-0.3, -0.25) is 9.48 Å². The fourth-order valence-electron chi connectivity index (χ4n) is 4.66. The Balaban J connectivity index is 1.66. The molecule has 0 radical (unpaired) electrons. The summed E-state index contributed by atoms with van der Waals surface area (Å²) in [7, 11) is 2.84. The average Bonchev–Trinajstić information content (AvgIpc) is 3.26. The van der Waals surface area contributed by atoms with Crippen LogP contribution in [0.2, 0.25) is 0 Å². The summed E-state index contributed by atoms with van der Waals surface area (Å²) < 4.78 is 82.0. The largest absolute Gasteiger partial charge is 0.493 e. The standard InChI is InChI=1S/C22H24F5N3O3/c1-10-16(12-5-6-14(23)17(24)18(12)32-4)19(33-21(10,2)22(25,26)27)20(31)29-15-7-13(15)11-8-28-30(3)9-11/h5-6,8-10,13,15-16,19H,7H2,1-4H3,(H,29,31)/t10?,13-,15+,16?,19?,21?/m1/s1. The zero-order chi connectivity index (χ0) is 24.3. The van der Waals surface area contributed by atoms with E-state index in [9.17, 15) is 26.7 Å². The third-order valence-electron chi connectivity index (χ3n) is 6.84. The van der Waals surface area contributed by atoms with Crippen molar-refractivity contribution in [2.24, 2.45) is 13.0 Å². The molecule has 2 aromatic rings. The topological polar surface area (TPSA) is 65.4 Å². The second-order valence-electron chi connectivity index (χ2n) is 8.85. The third kappa shape index (κ3) is 3.85. The summed E-state index contributed by atoms with van der Waals surface area (Å²) in [5.74, 6) is -6.36. The van der Waals surface area contributed by atoms with Gasteiger partial charge in [0.15, 0.2) is 17.2 Å². The van der Waals surface area contributed by atoms with Crippen LogP contribution < -0.4 is 10.1 Å². The van der Waals surface area contributed by atoms with Gasteiger partial charge in [0.1, 0.15) is 6.10 Å². The van der Waals surface area contributed by atoms with Gasteiger partial charge < -0.3 is 14.8 Å². The van der Waals surface area contributed by atoms with Gasteiger partial charge in [0.25, 0.3) is 0 Å². The lowest BCUT2D eigenvalue weighted by molar-refractivity contribution is -0.272. The number of ether oxygens (including phenoxy) is 2. The molecule has 1 aliphatic carbocycles. The fraction of sp³-hybridized carbons (Fsp3) is 0.545. The predicted octanol–water partition coefficient (Wildman–Crippen LogP) is 3.82. The zero-order valence-corrected chi connectivity index (χ0v) is 18.4. The number of carbonyl (C=O) groups is 1. The number of amides is 1. The van der Waals surface area contributed by atoms with Gasteiger partial charge in [0, 0.05) is 42.6 Å². The second-order valence-corrected chi connectivity index (χ2v) is 8.85. The molecular formula is C22H24F5N3O3. The Hall–Kier alpha value is -2.69. The van der Waals surface area contributed by atoms with Crippen molar-refractivity contribution in [1.29, 1.82) is 0 Å². The van der Waals surface area contributed by atoms with Crippen molar-refractivity contribution < 1.29 is 36.2 Å². The summed E-state index contributed by atoms with van der Waals surface area (Å²) >= 11 is 0. The molecular weight excluding hydrogens is 449 g/mol. The molecule has 1 aliphatic heterocycles. The number of halogens is 5. The van der Waals surface area contributed by atoms with Crippen molar-refractivity contribution in [2.45, 2.75) is 56.0 Å². The highest BCUT2D eigenvalue weighted by Crippen LogP contribution is 2.55. The normalized spacial score (nSPS) is 31.5. The van der Waals surface area contributed by atoms with Crippen molar-refractivity contribution in [2.75, 3.05) is 7.11 Å². The number of aryl methyl sites for hydroxylation is 1. The molecule has 4 rings (SSSR count). The lowest BCUT2D eigenvalue weighted by Gasteiger charge is -2.32. The van der Waals surface area contributed by atoms with Crippen molar-refractivity contribution in [3.8, 4) is 5.75 Å². The Kier molecular flexibility index (Phi) is 5.66. The van der Waals surface area contributed by atoms with Crippen molar-refractivity contribution >= 4 is 5.91 Å². The molecule has 6 atom stereocenters. The van der Waals surface area contributed by atoms with Gasteiger partial charge in [-0.25, -0.2) is 4.39 Å². The van der Waals surface area contributed by atoms with Crippen molar-refractivity contribution in [3.63, 3.8) is 0 Å². The molecule has 2 fully saturated rings. The van der Waals surface area contributed by atoms with E-state index in [1.165, 1.54) is 6.92 Å². The first-order valence-electron chi connectivity index (χ1n) is 10.4. The van der Waals surface area contributed by atoms with Crippen molar-refractivity contribution in [1.82, 2.24) is 15.1 Å². The Morgan fingerprint density at radius 2 is 2.03 bits per heavy atom. The molecule has 6 nitrogen and oxygen atoms in total. The van der Waals surface area contributed by atoms with Gasteiger partial charge in [0.2, 0.25) is 11.7 Å². The Bertz CT molecular complexity index is 1070. The molecule has 1 aromatic carbocycles. The number of aromatic nitrogens is 2. The molecule has 11 heteroatoms. The van der Waals surface area contributed by atoms with E-state index >= 15 is 0 Å². The van der Waals surface area contributed by atoms with Gasteiger partial charge in [-0.1, -0.05) is 13.0 Å². The van der Waals surface area contributed by atoms with Crippen LogP contribution in [-0.2, 0) is 16.6 Å². The smallest absolute Gasteiger partial charge is 0.417 e. The lowest BCUT2D eigenvalue weighted by atomic mass is 9.77. The monoisotopic (exact) mass is 473 g/mol.